The van der Waals surface area contributed by atoms with Gasteiger partial charge in [-0.3, -0.25) is 0 Å². The minimum atomic E-state index is -0.595. The van der Waals surface area contributed by atoms with Gasteiger partial charge in [0.25, 0.3) is 0 Å². The van der Waals surface area contributed by atoms with Crippen LogP contribution in [0.5, 0.6) is 0 Å². The number of aryl methyl sites for hydroxylation is 1. The van der Waals surface area contributed by atoms with Crippen molar-refractivity contribution in [3.8, 4) is 0 Å². The van der Waals surface area contributed by atoms with Gasteiger partial charge in [0.05, 0.1) is 0 Å². The van der Waals surface area contributed by atoms with E-state index in [1.165, 1.54) is 6.07 Å². The fourth-order valence-corrected chi connectivity index (χ4v) is 2.42. The number of nitrogens with two attached hydrogens (primary N) is 1. The van der Waals surface area contributed by atoms with Crippen LogP contribution in [0.3, 0.4) is 0 Å². The number of hydrogen-bond acceptors (Lipinski definition) is 1. The molecule has 0 radical (unpaired) electrons. The molecule has 2 N–H and O–H groups in total. The van der Waals surface area contributed by atoms with Crippen LogP contribution in [0, 0.1) is 18.6 Å². The summed E-state index contributed by atoms with van der Waals surface area (Å²) in [5.41, 5.74) is 7.77. The Kier molecular flexibility index (Phi) is 4.32. The predicted molar refractivity (Wildman–Crippen MR) is 75.9 cm³/mol. The summed E-state index contributed by atoms with van der Waals surface area (Å²) in [6.07, 6.45) is 0.489. The molecule has 2 rings (SSSR count). The van der Waals surface area contributed by atoms with Crippen LogP contribution in [0.15, 0.2) is 40.9 Å². The molecule has 1 nitrogen and oxygen atoms in total. The fraction of sp³-hybridized carbons (Fsp3) is 0.200. The second-order valence-electron chi connectivity index (χ2n) is 4.52. The Hall–Kier alpha value is -1.26. The highest BCUT2D eigenvalue weighted by Crippen LogP contribution is 2.25. The van der Waals surface area contributed by atoms with Crippen LogP contribution < -0.4 is 5.73 Å². The number of rotatable bonds is 3. The highest BCUT2D eigenvalue weighted by atomic mass is 79.9. The lowest BCUT2D eigenvalue weighted by atomic mass is 9.97. The summed E-state index contributed by atoms with van der Waals surface area (Å²) in [6, 6.07) is 9.52. The molecule has 0 heterocycles. The second kappa shape index (κ2) is 5.80. The summed E-state index contributed by atoms with van der Waals surface area (Å²) < 4.78 is 27.9. The van der Waals surface area contributed by atoms with Gasteiger partial charge in [0.1, 0.15) is 11.6 Å². The van der Waals surface area contributed by atoms with Gasteiger partial charge < -0.3 is 5.73 Å². The Morgan fingerprint density at radius 2 is 1.84 bits per heavy atom. The molecule has 2 aromatic carbocycles. The molecule has 0 saturated heterocycles. The van der Waals surface area contributed by atoms with E-state index in [0.717, 1.165) is 16.1 Å². The average Bonchev–Trinajstić information content (AvgIpc) is 2.36. The highest BCUT2D eigenvalue weighted by molar-refractivity contribution is 9.10. The summed E-state index contributed by atoms with van der Waals surface area (Å²) in [4.78, 5) is 0. The van der Waals surface area contributed by atoms with Crippen molar-refractivity contribution in [2.24, 2.45) is 5.73 Å². The van der Waals surface area contributed by atoms with Crippen LogP contribution >= 0.6 is 15.9 Å². The SMILES string of the molecule is Cc1cc(C(N)Cc2ccccc2Br)c(F)cc1F. The van der Waals surface area contributed by atoms with E-state index in [1.54, 1.807) is 6.92 Å². The molecule has 0 aliphatic carbocycles. The lowest BCUT2D eigenvalue weighted by Crippen LogP contribution is -2.16. The van der Waals surface area contributed by atoms with Crippen molar-refractivity contribution in [2.45, 2.75) is 19.4 Å². The minimum Gasteiger partial charge on any atom is -0.324 e. The first kappa shape index (κ1) is 14.2. The largest absolute Gasteiger partial charge is 0.324 e. The first-order chi connectivity index (χ1) is 8.99. The molecular weight excluding hydrogens is 312 g/mol. The van der Waals surface area contributed by atoms with Crippen LogP contribution in [-0.2, 0) is 6.42 Å². The van der Waals surface area contributed by atoms with Gasteiger partial charge in [0.15, 0.2) is 0 Å². The third-order valence-electron chi connectivity index (χ3n) is 3.08. The van der Waals surface area contributed by atoms with Crippen LogP contribution in [0.2, 0.25) is 0 Å². The molecule has 0 spiro atoms. The predicted octanol–water partition coefficient (Wildman–Crippen LogP) is 4.28. The van der Waals surface area contributed by atoms with E-state index in [-0.39, 0.29) is 0 Å². The molecule has 100 valence electrons. The summed E-state index contributed by atoms with van der Waals surface area (Å²) in [6.45, 7) is 1.60. The molecule has 0 aliphatic rings. The molecule has 4 heteroatoms. The molecular formula is C15H14BrF2N. The average molecular weight is 326 g/mol. The Balaban J connectivity index is 2.28. The standard InChI is InChI=1S/C15H14BrF2N/c1-9-6-11(14(18)8-13(9)17)15(19)7-10-4-2-3-5-12(10)16/h2-6,8,15H,7,19H2,1H3. The monoisotopic (exact) mass is 325 g/mol. The Morgan fingerprint density at radius 1 is 1.16 bits per heavy atom. The van der Waals surface area contributed by atoms with Crippen LogP contribution in [0.25, 0.3) is 0 Å². The van der Waals surface area contributed by atoms with Crippen LogP contribution in [0.4, 0.5) is 8.78 Å². The van der Waals surface area contributed by atoms with Gasteiger partial charge in [-0.25, -0.2) is 8.78 Å². The molecule has 0 bridgehead atoms. The maximum atomic E-state index is 13.8. The third kappa shape index (κ3) is 3.19. The smallest absolute Gasteiger partial charge is 0.130 e. The van der Waals surface area contributed by atoms with E-state index in [1.807, 2.05) is 24.3 Å². The molecule has 1 unspecified atom stereocenters. The molecule has 0 fully saturated rings. The van der Waals surface area contributed by atoms with Gasteiger partial charge in [-0.1, -0.05) is 34.1 Å². The molecule has 0 amide bonds. The summed E-state index contributed by atoms with van der Waals surface area (Å²) in [5.74, 6) is -1.14. The van der Waals surface area contributed by atoms with Crippen molar-refractivity contribution < 1.29 is 8.78 Å². The van der Waals surface area contributed by atoms with E-state index in [9.17, 15) is 8.78 Å². The molecule has 1 atom stereocenters. The molecule has 19 heavy (non-hydrogen) atoms. The molecule has 0 aliphatic heterocycles. The number of hydrogen-bond donors (Lipinski definition) is 1. The number of benzene rings is 2. The van der Waals surface area contributed by atoms with Crippen molar-refractivity contribution in [1.82, 2.24) is 0 Å². The van der Waals surface area contributed by atoms with Gasteiger partial charge in [-0.15, -0.1) is 0 Å². The van der Waals surface area contributed by atoms with E-state index >= 15 is 0 Å². The van der Waals surface area contributed by atoms with Crippen molar-refractivity contribution in [3.05, 3.63) is 69.2 Å². The van der Waals surface area contributed by atoms with E-state index in [2.05, 4.69) is 15.9 Å². The lowest BCUT2D eigenvalue weighted by molar-refractivity contribution is 0.549. The van der Waals surface area contributed by atoms with E-state index in [0.29, 0.717) is 17.5 Å². The van der Waals surface area contributed by atoms with Crippen molar-refractivity contribution in [3.63, 3.8) is 0 Å². The van der Waals surface area contributed by atoms with Gasteiger partial charge in [-0.05, 0) is 36.6 Å². The second-order valence-corrected chi connectivity index (χ2v) is 5.38. The van der Waals surface area contributed by atoms with Gasteiger partial charge in [-0.2, -0.15) is 0 Å². The first-order valence-corrected chi connectivity index (χ1v) is 6.73. The topological polar surface area (TPSA) is 26.0 Å². The summed E-state index contributed by atoms with van der Waals surface area (Å²) in [7, 11) is 0. The van der Waals surface area contributed by atoms with Gasteiger partial charge in [0.2, 0.25) is 0 Å². The van der Waals surface area contributed by atoms with Crippen molar-refractivity contribution in [2.75, 3.05) is 0 Å². The zero-order valence-corrected chi connectivity index (χ0v) is 12.0. The zero-order chi connectivity index (χ0) is 14.0. The zero-order valence-electron chi connectivity index (χ0n) is 10.5. The minimum absolute atomic E-state index is 0.342. The quantitative estimate of drug-likeness (QED) is 0.895. The molecule has 2 aromatic rings. The van der Waals surface area contributed by atoms with E-state index in [4.69, 9.17) is 5.73 Å². The maximum absolute atomic E-state index is 13.8. The molecule has 0 aromatic heterocycles. The van der Waals surface area contributed by atoms with Crippen LogP contribution in [-0.4, -0.2) is 0 Å². The molecule has 0 saturated carbocycles. The number of halogens is 3. The van der Waals surface area contributed by atoms with Crippen LogP contribution in [0.1, 0.15) is 22.7 Å². The Labute approximate surface area is 119 Å². The Morgan fingerprint density at radius 3 is 2.53 bits per heavy atom. The highest BCUT2D eigenvalue weighted by Gasteiger charge is 2.15. The summed E-state index contributed by atoms with van der Waals surface area (Å²) >= 11 is 3.43. The maximum Gasteiger partial charge on any atom is 0.130 e. The normalized spacial score (nSPS) is 12.5. The van der Waals surface area contributed by atoms with Crippen molar-refractivity contribution >= 4 is 15.9 Å². The third-order valence-corrected chi connectivity index (χ3v) is 3.85. The van der Waals surface area contributed by atoms with E-state index < -0.39 is 17.7 Å². The van der Waals surface area contributed by atoms with Gasteiger partial charge >= 0.3 is 0 Å². The Bertz CT molecular complexity index is 599. The summed E-state index contributed by atoms with van der Waals surface area (Å²) in [5, 5.41) is 0. The van der Waals surface area contributed by atoms with Gasteiger partial charge in [0, 0.05) is 22.1 Å². The lowest BCUT2D eigenvalue weighted by Gasteiger charge is -2.15. The van der Waals surface area contributed by atoms with Crippen molar-refractivity contribution in [1.29, 1.82) is 0 Å². The first-order valence-electron chi connectivity index (χ1n) is 5.93. The fourth-order valence-electron chi connectivity index (χ4n) is 1.97.